The smallest absolute Gasteiger partial charge is 0.175 e. The van der Waals surface area contributed by atoms with Gasteiger partial charge >= 0.3 is 0 Å². The van der Waals surface area contributed by atoms with E-state index in [0.29, 0.717) is 10.9 Å². The zero-order valence-electron chi connectivity index (χ0n) is 7.93. The standard InChI is InChI=1S/C9H16NS/c1-7-6-9(11(4)5)8(2)10(7)3/h6H,1-5H3/q+1. The molecule has 0 radical (unpaired) electrons. The van der Waals surface area contributed by atoms with Crippen molar-refractivity contribution in [3.05, 3.63) is 17.5 Å². The summed E-state index contributed by atoms with van der Waals surface area (Å²) in [4.78, 5) is 1.50. The van der Waals surface area contributed by atoms with Crippen LogP contribution in [0.25, 0.3) is 0 Å². The molecule has 0 amide bonds. The third-order valence-electron chi connectivity index (χ3n) is 2.17. The van der Waals surface area contributed by atoms with E-state index < -0.39 is 0 Å². The minimum Gasteiger partial charge on any atom is -0.348 e. The fraction of sp³-hybridized carbons (Fsp3) is 0.556. The summed E-state index contributed by atoms with van der Waals surface area (Å²) in [5.41, 5.74) is 2.77. The van der Waals surface area contributed by atoms with Gasteiger partial charge in [-0.2, -0.15) is 0 Å². The Morgan fingerprint density at radius 3 is 2.00 bits per heavy atom. The van der Waals surface area contributed by atoms with E-state index in [1.54, 1.807) is 0 Å². The van der Waals surface area contributed by atoms with E-state index in [-0.39, 0.29) is 0 Å². The molecule has 1 rings (SSSR count). The Hall–Kier alpha value is -0.370. The summed E-state index contributed by atoms with van der Waals surface area (Å²) >= 11 is 0. The van der Waals surface area contributed by atoms with Crippen LogP contribution in [0.15, 0.2) is 11.0 Å². The Balaban J connectivity index is 3.19. The van der Waals surface area contributed by atoms with Crippen molar-refractivity contribution in [2.24, 2.45) is 7.05 Å². The fourth-order valence-corrected chi connectivity index (χ4v) is 2.37. The number of hydrogen-bond acceptors (Lipinski definition) is 0. The average molecular weight is 170 g/mol. The van der Waals surface area contributed by atoms with Crippen LogP contribution in [0.4, 0.5) is 0 Å². The maximum atomic E-state index is 2.29. The lowest BCUT2D eigenvalue weighted by Gasteiger charge is -1.98. The van der Waals surface area contributed by atoms with Gasteiger partial charge in [-0.1, -0.05) is 0 Å². The van der Waals surface area contributed by atoms with Gasteiger partial charge in [-0.05, 0) is 13.8 Å². The van der Waals surface area contributed by atoms with Crippen molar-refractivity contribution in [2.45, 2.75) is 18.7 Å². The van der Waals surface area contributed by atoms with Crippen LogP contribution >= 0.6 is 0 Å². The van der Waals surface area contributed by atoms with E-state index in [4.69, 9.17) is 0 Å². The molecule has 0 aromatic carbocycles. The summed E-state index contributed by atoms with van der Waals surface area (Å²) in [5.74, 6) is 0. The van der Waals surface area contributed by atoms with Crippen LogP contribution < -0.4 is 0 Å². The quantitative estimate of drug-likeness (QED) is 0.567. The van der Waals surface area contributed by atoms with Crippen LogP contribution in [0.5, 0.6) is 0 Å². The molecule has 0 N–H and O–H groups in total. The normalized spacial score (nSPS) is 11.1. The van der Waals surface area contributed by atoms with Gasteiger partial charge in [-0.3, -0.25) is 0 Å². The highest BCUT2D eigenvalue weighted by atomic mass is 32.2. The van der Waals surface area contributed by atoms with Crippen LogP contribution in [0.1, 0.15) is 11.4 Å². The summed E-state index contributed by atoms with van der Waals surface area (Å²) in [7, 11) is 2.53. The van der Waals surface area contributed by atoms with E-state index in [9.17, 15) is 0 Å². The number of aryl methyl sites for hydroxylation is 1. The second kappa shape index (κ2) is 2.94. The van der Waals surface area contributed by atoms with Gasteiger partial charge in [-0.25, -0.2) is 0 Å². The molecule has 0 aliphatic rings. The molecule has 0 unspecified atom stereocenters. The van der Waals surface area contributed by atoms with Crippen molar-refractivity contribution < 1.29 is 0 Å². The van der Waals surface area contributed by atoms with Gasteiger partial charge in [0, 0.05) is 29.7 Å². The Morgan fingerprint density at radius 1 is 1.27 bits per heavy atom. The van der Waals surface area contributed by atoms with Crippen molar-refractivity contribution in [3.8, 4) is 0 Å². The lowest BCUT2D eigenvalue weighted by atomic mass is 10.4. The van der Waals surface area contributed by atoms with Crippen LogP contribution in [-0.4, -0.2) is 17.1 Å². The van der Waals surface area contributed by atoms with Gasteiger partial charge in [0.15, 0.2) is 4.90 Å². The fourth-order valence-electron chi connectivity index (χ4n) is 1.23. The monoisotopic (exact) mass is 170 g/mol. The first-order chi connectivity index (χ1) is 5.04. The molecule has 1 aromatic heterocycles. The number of nitrogens with zero attached hydrogens (tertiary/aromatic N) is 1. The molecular weight excluding hydrogens is 154 g/mol. The largest absolute Gasteiger partial charge is 0.348 e. The summed E-state index contributed by atoms with van der Waals surface area (Å²) in [6, 6.07) is 2.29. The van der Waals surface area contributed by atoms with Gasteiger partial charge in [0.05, 0.1) is 5.69 Å². The van der Waals surface area contributed by atoms with E-state index in [0.717, 1.165) is 0 Å². The summed E-state index contributed by atoms with van der Waals surface area (Å²) in [6.07, 6.45) is 4.53. The molecule has 0 spiro atoms. The van der Waals surface area contributed by atoms with Crippen LogP contribution in [0.2, 0.25) is 0 Å². The summed E-state index contributed by atoms with van der Waals surface area (Å²) in [6.45, 7) is 4.35. The zero-order chi connectivity index (χ0) is 8.59. The van der Waals surface area contributed by atoms with Gasteiger partial charge in [0.2, 0.25) is 0 Å². The van der Waals surface area contributed by atoms with Crippen molar-refractivity contribution in [3.63, 3.8) is 0 Å². The van der Waals surface area contributed by atoms with Gasteiger partial charge in [0.25, 0.3) is 0 Å². The van der Waals surface area contributed by atoms with Crippen molar-refractivity contribution in [1.29, 1.82) is 0 Å². The van der Waals surface area contributed by atoms with Gasteiger partial charge < -0.3 is 4.57 Å². The van der Waals surface area contributed by atoms with E-state index >= 15 is 0 Å². The van der Waals surface area contributed by atoms with Crippen LogP contribution in [0, 0.1) is 13.8 Å². The molecule has 0 aliphatic carbocycles. The predicted molar refractivity (Wildman–Crippen MR) is 52.4 cm³/mol. The second-order valence-corrected chi connectivity index (χ2v) is 5.18. The van der Waals surface area contributed by atoms with Crippen LogP contribution in [0.3, 0.4) is 0 Å². The minimum absolute atomic E-state index is 0.399. The predicted octanol–water partition coefficient (Wildman–Crippen LogP) is 1.88. The highest BCUT2D eigenvalue weighted by molar-refractivity contribution is 7.95. The number of aromatic nitrogens is 1. The van der Waals surface area contributed by atoms with Crippen LogP contribution in [-0.2, 0) is 17.9 Å². The van der Waals surface area contributed by atoms with E-state index in [2.05, 4.69) is 44.0 Å². The lowest BCUT2D eigenvalue weighted by Crippen LogP contribution is -1.98. The molecule has 1 heterocycles. The topological polar surface area (TPSA) is 4.93 Å². The molecule has 0 bridgehead atoms. The minimum atomic E-state index is 0.399. The third kappa shape index (κ3) is 1.45. The van der Waals surface area contributed by atoms with E-state index in [1.165, 1.54) is 16.3 Å². The molecule has 2 heteroatoms. The van der Waals surface area contributed by atoms with Crippen molar-refractivity contribution >= 4 is 10.9 Å². The van der Waals surface area contributed by atoms with E-state index in [1.807, 2.05) is 0 Å². The van der Waals surface area contributed by atoms with Gasteiger partial charge in [-0.15, -0.1) is 0 Å². The molecule has 0 saturated heterocycles. The Kier molecular flexibility index (Phi) is 2.33. The summed E-state index contributed by atoms with van der Waals surface area (Å²) in [5, 5.41) is 0. The molecule has 0 fully saturated rings. The highest BCUT2D eigenvalue weighted by Gasteiger charge is 2.16. The molecule has 1 nitrogen and oxygen atoms in total. The first-order valence-corrected chi connectivity index (χ1v) is 5.78. The second-order valence-electron chi connectivity index (χ2n) is 3.11. The Labute approximate surface area is 71.8 Å². The van der Waals surface area contributed by atoms with Crippen molar-refractivity contribution in [2.75, 3.05) is 12.5 Å². The summed E-state index contributed by atoms with van der Waals surface area (Å²) < 4.78 is 2.25. The Bertz CT molecular complexity index is 261. The maximum absolute atomic E-state index is 2.29. The lowest BCUT2D eigenvalue weighted by molar-refractivity contribution is 0.835. The SMILES string of the molecule is Cc1cc([S+](C)C)c(C)n1C. The molecule has 62 valence electrons. The third-order valence-corrected chi connectivity index (χ3v) is 3.46. The Morgan fingerprint density at radius 2 is 1.82 bits per heavy atom. The maximum Gasteiger partial charge on any atom is 0.175 e. The first-order valence-electron chi connectivity index (χ1n) is 3.74. The number of hydrogen-bond donors (Lipinski definition) is 0. The molecule has 1 aromatic rings. The molecular formula is C9H16NS+. The first kappa shape index (κ1) is 8.72. The molecule has 0 atom stereocenters. The van der Waals surface area contributed by atoms with Crippen molar-refractivity contribution in [1.82, 2.24) is 4.57 Å². The molecule has 0 saturated carbocycles. The zero-order valence-corrected chi connectivity index (χ0v) is 8.75. The molecule has 0 aliphatic heterocycles. The molecule has 11 heavy (non-hydrogen) atoms. The number of rotatable bonds is 1. The average Bonchev–Trinajstić information content (AvgIpc) is 2.17. The van der Waals surface area contributed by atoms with Gasteiger partial charge in [0.1, 0.15) is 12.5 Å². The highest BCUT2D eigenvalue weighted by Crippen LogP contribution is 2.18.